The van der Waals surface area contributed by atoms with Crippen LogP contribution in [0, 0.1) is 0 Å². The van der Waals surface area contributed by atoms with Crippen molar-refractivity contribution in [3.8, 4) is 0 Å². The van der Waals surface area contributed by atoms with E-state index in [1.54, 1.807) is 12.4 Å². The zero-order valence-electron chi connectivity index (χ0n) is 11.0. The second-order valence-corrected chi connectivity index (χ2v) is 5.15. The van der Waals surface area contributed by atoms with Gasteiger partial charge in [-0.1, -0.05) is 18.2 Å². The number of nitrogens with zero attached hydrogens (tertiary/aromatic N) is 2. The minimum absolute atomic E-state index is 0.154. The predicted molar refractivity (Wildman–Crippen MR) is 76.0 cm³/mol. The van der Waals surface area contributed by atoms with Gasteiger partial charge in [-0.05, 0) is 42.4 Å². The highest BCUT2D eigenvalue weighted by Gasteiger charge is 2.17. The summed E-state index contributed by atoms with van der Waals surface area (Å²) in [6, 6.07) is 6.79. The summed E-state index contributed by atoms with van der Waals surface area (Å²) in [6.45, 7) is 0.567. The zero-order chi connectivity index (χ0) is 13.1. The van der Waals surface area contributed by atoms with Crippen LogP contribution in [-0.4, -0.2) is 16.5 Å². The van der Waals surface area contributed by atoms with E-state index in [1.807, 2.05) is 6.20 Å². The Labute approximate surface area is 113 Å². The third kappa shape index (κ3) is 2.51. The van der Waals surface area contributed by atoms with Gasteiger partial charge in [0.1, 0.15) is 0 Å². The fourth-order valence-electron chi connectivity index (χ4n) is 2.89. The van der Waals surface area contributed by atoms with Crippen molar-refractivity contribution in [2.45, 2.75) is 31.6 Å². The second-order valence-electron chi connectivity index (χ2n) is 5.15. The molecule has 0 radical (unpaired) electrons. The topological polar surface area (TPSA) is 51.8 Å². The van der Waals surface area contributed by atoms with E-state index in [0.29, 0.717) is 6.54 Å². The molecule has 3 rings (SSSR count). The van der Waals surface area contributed by atoms with Gasteiger partial charge < -0.3 is 5.73 Å². The first-order valence-electron chi connectivity index (χ1n) is 6.96. The van der Waals surface area contributed by atoms with Crippen LogP contribution in [0.15, 0.2) is 36.8 Å². The lowest BCUT2D eigenvalue weighted by Gasteiger charge is -2.20. The summed E-state index contributed by atoms with van der Waals surface area (Å²) in [6.07, 6.45) is 10.3. The Morgan fingerprint density at radius 2 is 1.95 bits per heavy atom. The highest BCUT2D eigenvalue weighted by molar-refractivity contribution is 5.38. The average Bonchev–Trinajstić information content (AvgIpc) is 2.49. The van der Waals surface area contributed by atoms with E-state index >= 15 is 0 Å². The number of hydrogen-bond donors (Lipinski definition) is 1. The van der Waals surface area contributed by atoms with Gasteiger partial charge in [0.05, 0.1) is 5.69 Å². The van der Waals surface area contributed by atoms with E-state index in [0.717, 1.165) is 5.69 Å². The SMILES string of the molecule is NCC(c1ccc2c(c1)CCCC2)c1cnccn1. The van der Waals surface area contributed by atoms with Crippen molar-refractivity contribution in [1.82, 2.24) is 9.97 Å². The van der Waals surface area contributed by atoms with Gasteiger partial charge in [-0.2, -0.15) is 0 Å². The van der Waals surface area contributed by atoms with Gasteiger partial charge in [0.15, 0.2) is 0 Å². The molecule has 0 bridgehead atoms. The third-order valence-corrected chi connectivity index (χ3v) is 3.95. The molecule has 0 fully saturated rings. The van der Waals surface area contributed by atoms with Gasteiger partial charge >= 0.3 is 0 Å². The molecule has 1 heterocycles. The minimum Gasteiger partial charge on any atom is -0.329 e. The molecule has 0 amide bonds. The molecular weight excluding hydrogens is 234 g/mol. The quantitative estimate of drug-likeness (QED) is 0.914. The van der Waals surface area contributed by atoms with E-state index in [2.05, 4.69) is 28.2 Å². The number of hydrogen-bond acceptors (Lipinski definition) is 3. The summed E-state index contributed by atoms with van der Waals surface area (Å²) in [5.41, 5.74) is 11.2. The summed E-state index contributed by atoms with van der Waals surface area (Å²) < 4.78 is 0. The predicted octanol–water partition coefficient (Wildman–Crippen LogP) is 2.45. The molecule has 3 nitrogen and oxygen atoms in total. The largest absolute Gasteiger partial charge is 0.329 e. The van der Waals surface area contributed by atoms with Gasteiger partial charge in [-0.15, -0.1) is 0 Å². The molecule has 0 saturated heterocycles. The molecule has 98 valence electrons. The van der Waals surface area contributed by atoms with E-state index in [1.165, 1.54) is 42.4 Å². The van der Waals surface area contributed by atoms with Gasteiger partial charge in [0.2, 0.25) is 0 Å². The number of fused-ring (bicyclic) bond motifs is 1. The van der Waals surface area contributed by atoms with Gasteiger partial charge in [0, 0.05) is 31.1 Å². The Kier molecular flexibility index (Phi) is 3.56. The van der Waals surface area contributed by atoms with Crippen molar-refractivity contribution in [3.05, 3.63) is 59.2 Å². The van der Waals surface area contributed by atoms with E-state index in [9.17, 15) is 0 Å². The molecule has 2 aromatic rings. The third-order valence-electron chi connectivity index (χ3n) is 3.95. The molecule has 2 N–H and O–H groups in total. The molecule has 19 heavy (non-hydrogen) atoms. The van der Waals surface area contributed by atoms with Crippen LogP contribution in [0.25, 0.3) is 0 Å². The highest BCUT2D eigenvalue weighted by Crippen LogP contribution is 2.27. The first kappa shape index (κ1) is 12.3. The molecule has 1 aliphatic rings. The summed E-state index contributed by atoms with van der Waals surface area (Å²) in [5.74, 6) is 0.154. The Balaban J connectivity index is 1.96. The smallest absolute Gasteiger partial charge is 0.0674 e. The van der Waals surface area contributed by atoms with Crippen molar-refractivity contribution < 1.29 is 0 Å². The van der Waals surface area contributed by atoms with Gasteiger partial charge in [0.25, 0.3) is 0 Å². The second kappa shape index (κ2) is 5.49. The van der Waals surface area contributed by atoms with Crippen LogP contribution < -0.4 is 5.73 Å². The summed E-state index contributed by atoms with van der Waals surface area (Å²) in [7, 11) is 0. The summed E-state index contributed by atoms with van der Waals surface area (Å²) in [4.78, 5) is 8.54. The van der Waals surface area contributed by atoms with Crippen molar-refractivity contribution in [2.75, 3.05) is 6.54 Å². The summed E-state index contributed by atoms with van der Waals surface area (Å²) >= 11 is 0. The zero-order valence-corrected chi connectivity index (χ0v) is 11.0. The lowest BCUT2D eigenvalue weighted by molar-refractivity contribution is 0.681. The maximum Gasteiger partial charge on any atom is 0.0674 e. The Hall–Kier alpha value is -1.74. The molecule has 3 heteroatoms. The maximum atomic E-state index is 5.95. The number of aromatic nitrogens is 2. The van der Waals surface area contributed by atoms with E-state index < -0.39 is 0 Å². The molecule has 1 aliphatic carbocycles. The van der Waals surface area contributed by atoms with Crippen LogP contribution >= 0.6 is 0 Å². The molecule has 1 aromatic heterocycles. The number of nitrogens with two attached hydrogens (primary N) is 1. The highest BCUT2D eigenvalue weighted by atomic mass is 14.8. The first-order chi connectivity index (χ1) is 9.38. The summed E-state index contributed by atoms with van der Waals surface area (Å²) in [5, 5.41) is 0. The Bertz CT molecular complexity index is 551. The van der Waals surface area contributed by atoms with E-state index in [4.69, 9.17) is 5.73 Å². The number of aryl methyl sites for hydroxylation is 2. The average molecular weight is 253 g/mol. The standard InChI is InChI=1S/C16H19N3/c17-10-15(16-11-18-7-8-19-16)14-6-5-12-3-1-2-4-13(12)9-14/h5-9,11,15H,1-4,10,17H2. The van der Waals surface area contributed by atoms with Crippen LogP contribution in [0.2, 0.25) is 0 Å². The van der Waals surface area contributed by atoms with Crippen molar-refractivity contribution in [2.24, 2.45) is 5.73 Å². The fraction of sp³-hybridized carbons (Fsp3) is 0.375. The normalized spacial score (nSPS) is 15.8. The molecule has 1 aromatic carbocycles. The van der Waals surface area contributed by atoms with Crippen molar-refractivity contribution in [3.63, 3.8) is 0 Å². The van der Waals surface area contributed by atoms with Crippen LogP contribution in [0.3, 0.4) is 0 Å². The first-order valence-corrected chi connectivity index (χ1v) is 6.96. The molecule has 0 saturated carbocycles. The number of rotatable bonds is 3. The fourth-order valence-corrected chi connectivity index (χ4v) is 2.89. The monoisotopic (exact) mass is 253 g/mol. The van der Waals surface area contributed by atoms with E-state index in [-0.39, 0.29) is 5.92 Å². The van der Waals surface area contributed by atoms with Crippen LogP contribution in [0.5, 0.6) is 0 Å². The Morgan fingerprint density at radius 1 is 1.11 bits per heavy atom. The lowest BCUT2D eigenvalue weighted by atomic mass is 9.87. The molecule has 0 spiro atoms. The minimum atomic E-state index is 0.154. The van der Waals surface area contributed by atoms with Crippen LogP contribution in [0.1, 0.15) is 41.1 Å². The molecule has 1 unspecified atom stereocenters. The molecule has 1 atom stereocenters. The van der Waals surface area contributed by atoms with Gasteiger partial charge in [-0.25, -0.2) is 0 Å². The lowest BCUT2D eigenvalue weighted by Crippen LogP contribution is -2.16. The van der Waals surface area contributed by atoms with Crippen LogP contribution in [-0.2, 0) is 12.8 Å². The van der Waals surface area contributed by atoms with Gasteiger partial charge in [-0.3, -0.25) is 9.97 Å². The molecular formula is C16H19N3. The van der Waals surface area contributed by atoms with Crippen molar-refractivity contribution >= 4 is 0 Å². The van der Waals surface area contributed by atoms with Crippen molar-refractivity contribution in [1.29, 1.82) is 0 Å². The molecule has 0 aliphatic heterocycles. The van der Waals surface area contributed by atoms with Crippen LogP contribution in [0.4, 0.5) is 0 Å². The maximum absolute atomic E-state index is 5.95. The number of benzene rings is 1. The Morgan fingerprint density at radius 3 is 2.68 bits per heavy atom.